The maximum Gasteiger partial charge on any atom is 0.332 e. The fourth-order valence-electron chi connectivity index (χ4n) is 3.07. The first-order valence-corrected chi connectivity index (χ1v) is 7.48. The Kier molecular flexibility index (Phi) is 3.67. The van der Waals surface area contributed by atoms with Crippen LogP contribution in [-0.4, -0.2) is 31.8 Å². The molecule has 0 aliphatic carbocycles. The molecule has 0 atom stereocenters. The summed E-state index contributed by atoms with van der Waals surface area (Å²) in [6, 6.07) is 0. The minimum absolute atomic E-state index is 0.258. The molecule has 0 amide bonds. The van der Waals surface area contributed by atoms with Crippen molar-refractivity contribution in [3.8, 4) is 0 Å². The van der Waals surface area contributed by atoms with Gasteiger partial charge in [0.05, 0.1) is 6.33 Å². The Labute approximate surface area is 122 Å². The third-order valence-electron chi connectivity index (χ3n) is 4.33. The molecule has 3 rings (SSSR count). The topological polar surface area (TPSA) is 73.8 Å². The van der Waals surface area contributed by atoms with Crippen molar-refractivity contribution in [2.75, 3.05) is 13.1 Å². The second-order valence-electron chi connectivity index (χ2n) is 5.65. The van der Waals surface area contributed by atoms with Gasteiger partial charge in [-0.3, -0.25) is 13.9 Å². The van der Waals surface area contributed by atoms with Crippen LogP contribution in [0.15, 0.2) is 15.9 Å². The highest BCUT2D eigenvalue weighted by Crippen LogP contribution is 2.16. The number of nitrogens with one attached hydrogen (secondary N) is 1. The molecule has 1 saturated heterocycles. The van der Waals surface area contributed by atoms with Crippen molar-refractivity contribution in [2.24, 2.45) is 13.0 Å². The van der Waals surface area contributed by atoms with Crippen LogP contribution >= 0.6 is 0 Å². The van der Waals surface area contributed by atoms with E-state index >= 15 is 0 Å². The van der Waals surface area contributed by atoms with E-state index in [9.17, 15) is 9.59 Å². The Balaban J connectivity index is 2.10. The molecule has 1 N–H and O–H groups in total. The van der Waals surface area contributed by atoms with E-state index in [1.807, 2.05) is 11.5 Å². The molecular formula is C14H21N5O2. The zero-order valence-electron chi connectivity index (χ0n) is 12.5. The molecule has 0 aromatic carbocycles. The molecule has 0 unspecified atom stereocenters. The predicted molar refractivity (Wildman–Crippen MR) is 80.5 cm³/mol. The maximum atomic E-state index is 12.4. The highest BCUT2D eigenvalue weighted by molar-refractivity contribution is 5.70. The van der Waals surface area contributed by atoms with Gasteiger partial charge in [-0.15, -0.1) is 0 Å². The van der Waals surface area contributed by atoms with Gasteiger partial charge < -0.3 is 9.88 Å². The van der Waals surface area contributed by atoms with Gasteiger partial charge in [0.2, 0.25) is 0 Å². The second kappa shape index (κ2) is 5.48. The lowest BCUT2D eigenvalue weighted by molar-refractivity contribution is 0.336. The van der Waals surface area contributed by atoms with Gasteiger partial charge in [0.1, 0.15) is 0 Å². The van der Waals surface area contributed by atoms with Crippen LogP contribution in [0.2, 0.25) is 0 Å². The van der Waals surface area contributed by atoms with Gasteiger partial charge in [0.15, 0.2) is 11.2 Å². The van der Waals surface area contributed by atoms with Crippen LogP contribution in [0, 0.1) is 5.92 Å². The van der Waals surface area contributed by atoms with Crippen molar-refractivity contribution in [1.29, 1.82) is 0 Å². The lowest BCUT2D eigenvalue weighted by Gasteiger charge is -2.23. The maximum absolute atomic E-state index is 12.4. The van der Waals surface area contributed by atoms with E-state index < -0.39 is 0 Å². The molecular weight excluding hydrogens is 270 g/mol. The average molecular weight is 291 g/mol. The van der Waals surface area contributed by atoms with Crippen LogP contribution in [0.25, 0.3) is 11.2 Å². The summed E-state index contributed by atoms with van der Waals surface area (Å²) >= 11 is 0. The van der Waals surface area contributed by atoms with Crippen molar-refractivity contribution in [3.63, 3.8) is 0 Å². The summed E-state index contributed by atoms with van der Waals surface area (Å²) in [5.74, 6) is 0.551. The highest BCUT2D eigenvalue weighted by atomic mass is 16.2. The van der Waals surface area contributed by atoms with Crippen molar-refractivity contribution in [1.82, 2.24) is 24.0 Å². The van der Waals surface area contributed by atoms with Gasteiger partial charge in [0.25, 0.3) is 5.56 Å². The van der Waals surface area contributed by atoms with Gasteiger partial charge in [0, 0.05) is 20.1 Å². The molecule has 0 saturated carbocycles. The smallest absolute Gasteiger partial charge is 0.324 e. The van der Waals surface area contributed by atoms with Crippen LogP contribution in [0.3, 0.4) is 0 Å². The molecule has 3 heterocycles. The van der Waals surface area contributed by atoms with Gasteiger partial charge in [-0.2, -0.15) is 0 Å². The molecule has 7 nitrogen and oxygen atoms in total. The number of imidazole rings is 1. The highest BCUT2D eigenvalue weighted by Gasteiger charge is 2.19. The number of fused-ring (bicyclic) bond motifs is 1. The predicted octanol–water partition coefficient (Wildman–Crippen LogP) is -0.0838. The first-order valence-electron chi connectivity index (χ1n) is 7.48. The lowest BCUT2D eigenvalue weighted by Crippen LogP contribution is -2.38. The number of hydrogen-bond donors (Lipinski definition) is 1. The summed E-state index contributed by atoms with van der Waals surface area (Å²) in [4.78, 5) is 28.8. The third-order valence-corrected chi connectivity index (χ3v) is 4.33. The minimum Gasteiger partial charge on any atom is -0.324 e. The second-order valence-corrected chi connectivity index (χ2v) is 5.65. The molecule has 114 valence electrons. The van der Waals surface area contributed by atoms with E-state index in [2.05, 4.69) is 10.3 Å². The summed E-state index contributed by atoms with van der Waals surface area (Å²) in [5, 5.41) is 3.34. The largest absolute Gasteiger partial charge is 0.332 e. The SMILES string of the molecule is CCn1c(=O)n(C)c(=O)c2c1ncn2CC1CCNCC1. The molecule has 0 bridgehead atoms. The molecule has 2 aromatic heterocycles. The number of nitrogens with zero attached hydrogens (tertiary/aromatic N) is 4. The van der Waals surface area contributed by atoms with E-state index in [-0.39, 0.29) is 11.2 Å². The summed E-state index contributed by atoms with van der Waals surface area (Å²) in [5.41, 5.74) is 0.477. The molecule has 2 aromatic rings. The molecule has 0 spiro atoms. The Morgan fingerprint density at radius 1 is 1.33 bits per heavy atom. The van der Waals surface area contributed by atoms with Crippen molar-refractivity contribution >= 4 is 11.2 Å². The van der Waals surface area contributed by atoms with Crippen LogP contribution < -0.4 is 16.6 Å². The van der Waals surface area contributed by atoms with E-state index in [1.54, 1.807) is 10.9 Å². The summed E-state index contributed by atoms with van der Waals surface area (Å²) in [7, 11) is 1.53. The average Bonchev–Trinajstić information content (AvgIpc) is 2.90. The van der Waals surface area contributed by atoms with Gasteiger partial charge >= 0.3 is 5.69 Å². The number of piperidine rings is 1. The molecule has 7 heteroatoms. The van der Waals surface area contributed by atoms with E-state index in [0.717, 1.165) is 32.5 Å². The van der Waals surface area contributed by atoms with Gasteiger partial charge in [-0.25, -0.2) is 9.78 Å². The lowest BCUT2D eigenvalue weighted by atomic mass is 9.98. The Bertz CT molecular complexity index is 764. The summed E-state index contributed by atoms with van der Waals surface area (Å²) in [6.07, 6.45) is 3.90. The van der Waals surface area contributed by atoms with E-state index in [0.29, 0.717) is 23.6 Å². The van der Waals surface area contributed by atoms with Crippen molar-refractivity contribution in [3.05, 3.63) is 27.2 Å². The minimum atomic E-state index is -0.304. The van der Waals surface area contributed by atoms with Gasteiger partial charge in [-0.1, -0.05) is 0 Å². The number of rotatable bonds is 3. The zero-order valence-corrected chi connectivity index (χ0v) is 12.5. The first-order chi connectivity index (χ1) is 10.1. The molecule has 1 aliphatic heterocycles. The van der Waals surface area contributed by atoms with Crippen LogP contribution in [0.1, 0.15) is 19.8 Å². The van der Waals surface area contributed by atoms with Gasteiger partial charge in [-0.05, 0) is 38.8 Å². The fraction of sp³-hybridized carbons (Fsp3) is 0.643. The number of aryl methyl sites for hydroxylation is 1. The molecule has 21 heavy (non-hydrogen) atoms. The zero-order chi connectivity index (χ0) is 15.0. The Hall–Kier alpha value is -1.89. The van der Waals surface area contributed by atoms with Crippen molar-refractivity contribution in [2.45, 2.75) is 32.9 Å². The fourth-order valence-corrected chi connectivity index (χ4v) is 3.07. The monoisotopic (exact) mass is 291 g/mol. The third kappa shape index (κ3) is 2.31. The quantitative estimate of drug-likeness (QED) is 0.858. The van der Waals surface area contributed by atoms with E-state index in [1.165, 1.54) is 11.6 Å². The number of hydrogen-bond acceptors (Lipinski definition) is 4. The molecule has 1 fully saturated rings. The molecule has 0 radical (unpaired) electrons. The van der Waals surface area contributed by atoms with Crippen LogP contribution in [0.5, 0.6) is 0 Å². The Morgan fingerprint density at radius 2 is 2.05 bits per heavy atom. The first kappa shape index (κ1) is 14.1. The number of aromatic nitrogens is 4. The van der Waals surface area contributed by atoms with Crippen LogP contribution in [0.4, 0.5) is 0 Å². The molecule has 1 aliphatic rings. The summed E-state index contributed by atoms with van der Waals surface area (Å²) in [6.45, 7) is 5.23. The summed E-state index contributed by atoms with van der Waals surface area (Å²) < 4.78 is 4.64. The standard InChI is InChI=1S/C14H21N5O2/c1-3-19-12-11(13(20)17(2)14(19)21)18(9-16-12)8-10-4-6-15-7-5-10/h9-10,15H,3-8H2,1-2H3. The van der Waals surface area contributed by atoms with Crippen LogP contribution in [-0.2, 0) is 20.1 Å². The van der Waals surface area contributed by atoms with E-state index in [4.69, 9.17) is 0 Å². The normalized spacial score (nSPS) is 16.7. The Morgan fingerprint density at radius 3 is 2.71 bits per heavy atom. The van der Waals surface area contributed by atoms with Crippen molar-refractivity contribution < 1.29 is 0 Å².